The van der Waals surface area contributed by atoms with Crippen molar-refractivity contribution >= 4 is 6.03 Å². The highest BCUT2D eigenvalue weighted by molar-refractivity contribution is 5.76. The Hall–Kier alpha value is -0.730. The topological polar surface area (TPSA) is 23.6 Å². The maximum absolute atomic E-state index is 11.7. The summed E-state index contributed by atoms with van der Waals surface area (Å²) in [4.78, 5) is 15.6. The van der Waals surface area contributed by atoms with Crippen LogP contribution in [0.4, 0.5) is 4.79 Å². The summed E-state index contributed by atoms with van der Waals surface area (Å²) in [6.07, 6.45) is 3.36. The zero-order chi connectivity index (χ0) is 9.68. The van der Waals surface area contributed by atoms with Gasteiger partial charge in [-0.05, 0) is 12.8 Å². The molecule has 1 rings (SSSR count). The molecule has 0 spiro atoms. The number of urea groups is 1. The van der Waals surface area contributed by atoms with Crippen LogP contribution in [0.3, 0.4) is 0 Å². The third kappa shape index (κ3) is 2.61. The minimum absolute atomic E-state index is 0.246. The maximum Gasteiger partial charge on any atom is 0.320 e. The van der Waals surface area contributed by atoms with E-state index >= 15 is 0 Å². The number of hydrogen-bond acceptors (Lipinski definition) is 1. The number of amides is 2. The highest BCUT2D eigenvalue weighted by Gasteiger charge is 2.26. The van der Waals surface area contributed by atoms with Crippen LogP contribution in [0.2, 0.25) is 0 Å². The minimum Gasteiger partial charge on any atom is -0.323 e. The normalized spacial score (nSPS) is 17.2. The lowest BCUT2D eigenvalue weighted by Gasteiger charge is -2.17. The molecule has 0 aromatic carbocycles. The Morgan fingerprint density at radius 3 is 2.23 bits per heavy atom. The first-order valence-electron chi connectivity index (χ1n) is 5.33. The molecule has 1 heterocycles. The van der Waals surface area contributed by atoms with Crippen molar-refractivity contribution in [2.24, 2.45) is 0 Å². The summed E-state index contributed by atoms with van der Waals surface area (Å²) in [5.41, 5.74) is 0. The summed E-state index contributed by atoms with van der Waals surface area (Å²) < 4.78 is 0. The van der Waals surface area contributed by atoms with Crippen LogP contribution in [0, 0.1) is 0 Å². The van der Waals surface area contributed by atoms with E-state index in [-0.39, 0.29) is 6.03 Å². The van der Waals surface area contributed by atoms with Crippen LogP contribution in [-0.4, -0.2) is 42.0 Å². The van der Waals surface area contributed by atoms with Crippen molar-refractivity contribution < 1.29 is 4.79 Å². The van der Waals surface area contributed by atoms with E-state index in [1.807, 2.05) is 9.80 Å². The highest BCUT2D eigenvalue weighted by Crippen LogP contribution is 2.09. The third-order valence-electron chi connectivity index (χ3n) is 2.46. The highest BCUT2D eigenvalue weighted by atomic mass is 16.2. The van der Waals surface area contributed by atoms with Crippen LogP contribution in [0.15, 0.2) is 0 Å². The molecule has 3 heteroatoms. The predicted octanol–water partition coefficient (Wildman–Crippen LogP) is 1.93. The van der Waals surface area contributed by atoms with Gasteiger partial charge in [0.1, 0.15) is 0 Å². The van der Waals surface area contributed by atoms with Gasteiger partial charge in [0.2, 0.25) is 0 Å². The van der Waals surface area contributed by atoms with Crippen LogP contribution in [0.5, 0.6) is 0 Å². The molecule has 1 saturated heterocycles. The predicted molar refractivity (Wildman–Crippen MR) is 53.7 cm³/mol. The fourth-order valence-electron chi connectivity index (χ4n) is 1.67. The molecule has 0 aromatic rings. The van der Waals surface area contributed by atoms with Crippen molar-refractivity contribution in [3.63, 3.8) is 0 Å². The van der Waals surface area contributed by atoms with Gasteiger partial charge in [-0.1, -0.05) is 20.3 Å². The van der Waals surface area contributed by atoms with Gasteiger partial charge >= 0.3 is 6.03 Å². The van der Waals surface area contributed by atoms with Crippen molar-refractivity contribution in [1.82, 2.24) is 9.80 Å². The molecule has 0 atom stereocenters. The van der Waals surface area contributed by atoms with Crippen molar-refractivity contribution in [2.75, 3.05) is 26.2 Å². The second kappa shape index (κ2) is 5.10. The second-order valence-corrected chi connectivity index (χ2v) is 3.61. The van der Waals surface area contributed by atoms with Gasteiger partial charge in [0.05, 0.1) is 0 Å². The molecule has 0 aliphatic carbocycles. The molecule has 0 saturated carbocycles. The van der Waals surface area contributed by atoms with E-state index in [0.29, 0.717) is 0 Å². The van der Waals surface area contributed by atoms with Gasteiger partial charge in [0.15, 0.2) is 0 Å². The average molecular weight is 184 g/mol. The molecular weight excluding hydrogens is 164 g/mol. The molecule has 2 amide bonds. The van der Waals surface area contributed by atoms with Crippen molar-refractivity contribution in [1.29, 1.82) is 0 Å². The van der Waals surface area contributed by atoms with Gasteiger partial charge in [0.25, 0.3) is 0 Å². The van der Waals surface area contributed by atoms with Crippen LogP contribution >= 0.6 is 0 Å². The quantitative estimate of drug-likeness (QED) is 0.640. The minimum atomic E-state index is 0.246. The Morgan fingerprint density at radius 2 is 1.69 bits per heavy atom. The van der Waals surface area contributed by atoms with Crippen LogP contribution in [0.25, 0.3) is 0 Å². The Balaban J connectivity index is 2.32. The fourth-order valence-corrected chi connectivity index (χ4v) is 1.67. The summed E-state index contributed by atoms with van der Waals surface area (Å²) in [6, 6.07) is 0.246. The van der Waals surface area contributed by atoms with Gasteiger partial charge in [-0.15, -0.1) is 0 Å². The molecule has 3 nitrogen and oxygen atoms in total. The van der Waals surface area contributed by atoms with Crippen molar-refractivity contribution in [3.05, 3.63) is 0 Å². The number of carbonyl (C=O) groups is 1. The van der Waals surface area contributed by atoms with Gasteiger partial charge in [0, 0.05) is 26.2 Å². The zero-order valence-electron chi connectivity index (χ0n) is 8.75. The second-order valence-electron chi connectivity index (χ2n) is 3.61. The molecule has 13 heavy (non-hydrogen) atoms. The first kappa shape index (κ1) is 10.4. The van der Waals surface area contributed by atoms with Crippen molar-refractivity contribution in [2.45, 2.75) is 33.1 Å². The molecule has 1 aliphatic rings. The lowest BCUT2D eigenvalue weighted by atomic mass is 10.3. The Kier molecular flexibility index (Phi) is 4.06. The van der Waals surface area contributed by atoms with Crippen LogP contribution < -0.4 is 0 Å². The van der Waals surface area contributed by atoms with Crippen LogP contribution in [-0.2, 0) is 0 Å². The molecule has 1 aliphatic heterocycles. The summed E-state index contributed by atoms with van der Waals surface area (Å²) in [5, 5.41) is 0. The SMILES string of the molecule is CCCCN1CCN(CCC)C1=O. The monoisotopic (exact) mass is 184 g/mol. The summed E-state index contributed by atoms with van der Waals surface area (Å²) >= 11 is 0. The molecular formula is C10H20N2O. The van der Waals surface area contributed by atoms with E-state index in [0.717, 1.165) is 45.4 Å². The lowest BCUT2D eigenvalue weighted by Crippen LogP contribution is -2.32. The fraction of sp³-hybridized carbons (Fsp3) is 0.900. The third-order valence-corrected chi connectivity index (χ3v) is 2.46. The van der Waals surface area contributed by atoms with Gasteiger partial charge in [-0.25, -0.2) is 4.79 Å². The zero-order valence-corrected chi connectivity index (χ0v) is 8.75. The Bertz CT molecular complexity index is 170. The summed E-state index contributed by atoms with van der Waals surface area (Å²) in [6.45, 7) is 7.98. The molecule has 0 unspecified atom stereocenters. The maximum atomic E-state index is 11.7. The van der Waals surface area contributed by atoms with Gasteiger partial charge in [-0.2, -0.15) is 0 Å². The largest absolute Gasteiger partial charge is 0.323 e. The average Bonchev–Trinajstić information content (AvgIpc) is 2.46. The van der Waals surface area contributed by atoms with Crippen molar-refractivity contribution in [3.8, 4) is 0 Å². The molecule has 0 bridgehead atoms. The Labute approximate surface area is 80.7 Å². The number of carbonyl (C=O) groups excluding carboxylic acids is 1. The first-order valence-corrected chi connectivity index (χ1v) is 5.33. The van der Waals surface area contributed by atoms with E-state index < -0.39 is 0 Å². The lowest BCUT2D eigenvalue weighted by molar-refractivity contribution is 0.191. The standard InChI is InChI=1S/C10H20N2O/c1-3-5-7-12-9-8-11(6-4-2)10(12)13/h3-9H2,1-2H3. The molecule has 0 radical (unpaired) electrons. The van der Waals surface area contributed by atoms with E-state index in [4.69, 9.17) is 0 Å². The smallest absolute Gasteiger partial charge is 0.320 e. The summed E-state index contributed by atoms with van der Waals surface area (Å²) in [7, 11) is 0. The van der Waals surface area contributed by atoms with E-state index in [9.17, 15) is 4.79 Å². The van der Waals surface area contributed by atoms with Gasteiger partial charge in [-0.3, -0.25) is 0 Å². The summed E-state index contributed by atoms with van der Waals surface area (Å²) in [5.74, 6) is 0. The van der Waals surface area contributed by atoms with E-state index in [2.05, 4.69) is 13.8 Å². The molecule has 76 valence electrons. The molecule has 0 N–H and O–H groups in total. The number of rotatable bonds is 5. The number of nitrogens with zero attached hydrogens (tertiary/aromatic N) is 2. The van der Waals surface area contributed by atoms with E-state index in [1.54, 1.807) is 0 Å². The number of unbranched alkanes of at least 4 members (excludes halogenated alkanes) is 1. The van der Waals surface area contributed by atoms with E-state index in [1.165, 1.54) is 0 Å². The van der Waals surface area contributed by atoms with Crippen LogP contribution in [0.1, 0.15) is 33.1 Å². The molecule has 0 aromatic heterocycles. The first-order chi connectivity index (χ1) is 6.29. The molecule has 1 fully saturated rings. The number of hydrogen-bond donors (Lipinski definition) is 0. The Morgan fingerprint density at radius 1 is 1.08 bits per heavy atom. The van der Waals surface area contributed by atoms with Gasteiger partial charge < -0.3 is 9.80 Å².